The van der Waals surface area contributed by atoms with Gasteiger partial charge in [0.25, 0.3) is 0 Å². The van der Waals surface area contributed by atoms with Crippen LogP contribution in [0, 0.1) is 17.8 Å². The van der Waals surface area contributed by atoms with E-state index in [-0.39, 0.29) is 17.2 Å². The van der Waals surface area contributed by atoms with Gasteiger partial charge < -0.3 is 4.57 Å². The molecule has 1 unspecified atom stereocenters. The maximum Gasteiger partial charge on any atom is 0.165 e. The first-order chi connectivity index (χ1) is 8.48. The van der Waals surface area contributed by atoms with E-state index in [1.807, 2.05) is 12.3 Å². The van der Waals surface area contributed by atoms with Gasteiger partial charge in [-0.2, -0.15) is 0 Å². The Balaban J connectivity index is 2.42. The van der Waals surface area contributed by atoms with Crippen LogP contribution < -0.4 is 0 Å². The summed E-state index contributed by atoms with van der Waals surface area (Å²) in [5, 5.41) is 0. The smallest absolute Gasteiger partial charge is 0.165 e. The van der Waals surface area contributed by atoms with Gasteiger partial charge in [0, 0.05) is 23.9 Å². The first-order valence-corrected chi connectivity index (χ1v) is 6.67. The van der Waals surface area contributed by atoms with E-state index in [0.717, 1.165) is 30.5 Å². The van der Waals surface area contributed by atoms with Crippen molar-refractivity contribution in [3.8, 4) is 12.3 Å². The van der Waals surface area contributed by atoms with Crippen LogP contribution in [0.2, 0.25) is 0 Å². The lowest BCUT2D eigenvalue weighted by Crippen LogP contribution is -2.28. The molecule has 0 saturated carbocycles. The van der Waals surface area contributed by atoms with Gasteiger partial charge in [-0.25, -0.2) is 0 Å². The molecule has 0 aliphatic heterocycles. The van der Waals surface area contributed by atoms with Crippen LogP contribution in [0.5, 0.6) is 0 Å². The zero-order valence-corrected chi connectivity index (χ0v) is 11.5. The lowest BCUT2D eigenvalue weighted by molar-refractivity contribution is 0.0909. The van der Waals surface area contributed by atoms with Crippen molar-refractivity contribution in [1.29, 1.82) is 0 Å². The predicted octanol–water partition coefficient (Wildman–Crippen LogP) is 3.62. The van der Waals surface area contributed by atoms with Crippen LogP contribution in [-0.4, -0.2) is 10.4 Å². The highest BCUT2D eigenvalue weighted by Gasteiger charge is 2.33. The van der Waals surface area contributed by atoms with E-state index in [9.17, 15) is 4.79 Å². The van der Waals surface area contributed by atoms with Crippen LogP contribution in [0.4, 0.5) is 0 Å². The molecule has 1 aliphatic rings. The third kappa shape index (κ3) is 2.22. The van der Waals surface area contributed by atoms with E-state index in [0.29, 0.717) is 6.42 Å². The molecule has 0 radical (unpaired) electrons. The standard InChI is InChI=1S/C16H21NO/c1-5-7-12(6-2)17-9-8-13-14(17)10-16(3,4)11-15(13)18/h2,8-9,12H,5,7,10-11H2,1,3-4H3. The second kappa shape index (κ2) is 4.65. The molecule has 96 valence electrons. The van der Waals surface area contributed by atoms with Crippen molar-refractivity contribution in [2.75, 3.05) is 0 Å². The van der Waals surface area contributed by atoms with Crippen LogP contribution in [0.15, 0.2) is 12.3 Å². The van der Waals surface area contributed by atoms with Crippen LogP contribution in [0.3, 0.4) is 0 Å². The van der Waals surface area contributed by atoms with Crippen molar-refractivity contribution < 1.29 is 4.79 Å². The van der Waals surface area contributed by atoms with Crippen molar-refractivity contribution in [2.24, 2.45) is 5.41 Å². The number of hydrogen-bond donors (Lipinski definition) is 0. The SMILES string of the molecule is C#CC(CCC)n1ccc2c1CC(C)(C)CC2=O. The lowest BCUT2D eigenvalue weighted by atomic mass is 9.76. The van der Waals surface area contributed by atoms with E-state index in [1.54, 1.807) is 0 Å². The van der Waals surface area contributed by atoms with Gasteiger partial charge in [-0.3, -0.25) is 4.79 Å². The summed E-state index contributed by atoms with van der Waals surface area (Å²) >= 11 is 0. The third-order valence-corrected chi connectivity index (χ3v) is 3.70. The van der Waals surface area contributed by atoms with Crippen molar-refractivity contribution in [2.45, 2.75) is 52.5 Å². The Hall–Kier alpha value is -1.49. The largest absolute Gasteiger partial charge is 0.337 e. The normalized spacial score (nSPS) is 19.1. The van der Waals surface area contributed by atoms with Gasteiger partial charge in [-0.05, 0) is 24.3 Å². The minimum Gasteiger partial charge on any atom is -0.337 e. The van der Waals surface area contributed by atoms with Gasteiger partial charge in [-0.15, -0.1) is 6.42 Å². The van der Waals surface area contributed by atoms with Crippen LogP contribution in [0.25, 0.3) is 0 Å². The zero-order valence-electron chi connectivity index (χ0n) is 11.5. The number of aromatic nitrogens is 1. The number of ketones is 1. The fraction of sp³-hybridized carbons (Fsp3) is 0.562. The quantitative estimate of drug-likeness (QED) is 0.743. The Bertz CT molecular complexity index is 502. The van der Waals surface area contributed by atoms with E-state index in [4.69, 9.17) is 6.42 Å². The number of Topliss-reactive ketones (excluding diaryl/α,β-unsaturated/α-hetero) is 1. The highest BCUT2D eigenvalue weighted by molar-refractivity contribution is 5.98. The molecule has 0 bridgehead atoms. The zero-order chi connectivity index (χ0) is 13.3. The lowest BCUT2D eigenvalue weighted by Gasteiger charge is -2.30. The monoisotopic (exact) mass is 243 g/mol. The fourth-order valence-corrected chi connectivity index (χ4v) is 2.83. The molecular weight excluding hydrogens is 222 g/mol. The van der Waals surface area contributed by atoms with Crippen LogP contribution >= 0.6 is 0 Å². The predicted molar refractivity (Wildman–Crippen MR) is 73.6 cm³/mol. The second-order valence-corrected chi connectivity index (χ2v) is 6.00. The Morgan fingerprint density at radius 3 is 2.83 bits per heavy atom. The number of carbonyl (C=O) groups is 1. The first-order valence-electron chi connectivity index (χ1n) is 6.67. The number of fused-ring (bicyclic) bond motifs is 1. The van der Waals surface area contributed by atoms with Gasteiger partial charge in [0.05, 0.1) is 6.04 Å². The third-order valence-electron chi connectivity index (χ3n) is 3.70. The van der Waals surface area contributed by atoms with Crippen LogP contribution in [0.1, 0.15) is 62.1 Å². The van der Waals surface area contributed by atoms with Gasteiger partial charge in [0.15, 0.2) is 5.78 Å². The molecule has 1 aromatic heterocycles. The maximum absolute atomic E-state index is 12.1. The minimum absolute atomic E-state index is 0.0472. The summed E-state index contributed by atoms with van der Waals surface area (Å²) in [5.41, 5.74) is 2.06. The molecule has 0 saturated heterocycles. The Morgan fingerprint density at radius 1 is 1.50 bits per heavy atom. The van der Waals surface area contributed by atoms with E-state index >= 15 is 0 Å². The molecule has 0 spiro atoms. The van der Waals surface area contributed by atoms with E-state index < -0.39 is 0 Å². The fourth-order valence-electron chi connectivity index (χ4n) is 2.83. The summed E-state index contributed by atoms with van der Waals surface area (Å²) in [6, 6.07) is 2.02. The molecule has 2 rings (SSSR count). The highest BCUT2D eigenvalue weighted by Crippen LogP contribution is 2.36. The molecular formula is C16H21NO. The van der Waals surface area contributed by atoms with Gasteiger partial charge >= 0.3 is 0 Å². The van der Waals surface area contributed by atoms with Gasteiger partial charge in [-0.1, -0.05) is 33.1 Å². The maximum atomic E-state index is 12.1. The molecule has 0 amide bonds. The number of rotatable bonds is 3. The molecule has 18 heavy (non-hydrogen) atoms. The van der Waals surface area contributed by atoms with Crippen LogP contribution in [-0.2, 0) is 6.42 Å². The number of hydrogen-bond acceptors (Lipinski definition) is 1. The first kappa shape index (κ1) is 13.0. The van der Waals surface area contributed by atoms with Crippen molar-refractivity contribution in [3.05, 3.63) is 23.5 Å². The highest BCUT2D eigenvalue weighted by atomic mass is 16.1. The molecule has 0 fully saturated rings. The average molecular weight is 243 g/mol. The molecule has 0 aromatic carbocycles. The Morgan fingerprint density at radius 2 is 2.22 bits per heavy atom. The molecule has 1 aromatic rings. The van der Waals surface area contributed by atoms with Crippen molar-refractivity contribution in [1.82, 2.24) is 4.57 Å². The van der Waals surface area contributed by atoms with Gasteiger partial charge in [0.1, 0.15) is 0 Å². The molecule has 0 N–H and O–H groups in total. The Kier molecular flexibility index (Phi) is 3.34. The molecule has 1 aliphatic carbocycles. The number of nitrogens with zero attached hydrogens (tertiary/aromatic N) is 1. The summed E-state index contributed by atoms with van der Waals surface area (Å²) in [4.78, 5) is 12.1. The number of terminal acetylenes is 1. The summed E-state index contributed by atoms with van der Waals surface area (Å²) in [7, 11) is 0. The summed E-state index contributed by atoms with van der Waals surface area (Å²) in [5.74, 6) is 3.11. The van der Waals surface area contributed by atoms with Crippen molar-refractivity contribution in [3.63, 3.8) is 0 Å². The molecule has 2 heteroatoms. The molecule has 1 atom stereocenters. The minimum atomic E-state index is 0.0472. The summed E-state index contributed by atoms with van der Waals surface area (Å²) in [6.45, 7) is 6.43. The van der Waals surface area contributed by atoms with E-state index in [1.165, 1.54) is 0 Å². The molecule has 1 heterocycles. The second-order valence-electron chi connectivity index (χ2n) is 6.00. The van der Waals surface area contributed by atoms with Gasteiger partial charge in [0.2, 0.25) is 0 Å². The van der Waals surface area contributed by atoms with Crippen molar-refractivity contribution >= 4 is 5.78 Å². The topological polar surface area (TPSA) is 22.0 Å². The summed E-state index contributed by atoms with van der Waals surface area (Å²) in [6.07, 6.45) is 11.2. The Labute approximate surface area is 109 Å². The summed E-state index contributed by atoms with van der Waals surface area (Å²) < 4.78 is 2.14. The van der Waals surface area contributed by atoms with E-state index in [2.05, 4.69) is 31.3 Å². The number of carbonyl (C=O) groups excluding carboxylic acids is 1. The average Bonchev–Trinajstić information content (AvgIpc) is 2.68. The molecule has 2 nitrogen and oxygen atoms in total.